The summed E-state index contributed by atoms with van der Waals surface area (Å²) in [6, 6.07) is 11.8. The Bertz CT molecular complexity index is 323. The van der Waals surface area contributed by atoms with Crippen LogP contribution in [0, 0.1) is 5.92 Å². The highest BCUT2D eigenvalue weighted by Crippen LogP contribution is 2.23. The van der Waals surface area contributed by atoms with Crippen molar-refractivity contribution < 1.29 is 0 Å². The Morgan fingerprint density at radius 2 is 1.88 bits per heavy atom. The third-order valence-corrected chi connectivity index (χ3v) is 3.74. The average Bonchev–Trinajstić information content (AvgIpc) is 2.27. The predicted molar refractivity (Wildman–Crippen MR) is 69.7 cm³/mol. The molecule has 2 rings (SSSR count). The summed E-state index contributed by atoms with van der Waals surface area (Å²) >= 11 is 0. The largest absolute Gasteiger partial charge is 0.382 e. The number of rotatable bonds is 2. The third kappa shape index (κ3) is 2.56. The fourth-order valence-electron chi connectivity index (χ4n) is 2.49. The van der Waals surface area contributed by atoms with E-state index in [1.54, 1.807) is 0 Å². The van der Waals surface area contributed by atoms with Crippen LogP contribution in [-0.4, -0.2) is 30.6 Å². The van der Waals surface area contributed by atoms with Crippen molar-refractivity contribution in [1.82, 2.24) is 4.90 Å². The van der Waals surface area contributed by atoms with Gasteiger partial charge in [0, 0.05) is 24.3 Å². The fourth-order valence-corrected chi connectivity index (χ4v) is 2.49. The van der Waals surface area contributed by atoms with Crippen LogP contribution in [-0.2, 0) is 0 Å². The molecule has 2 heteroatoms. The lowest BCUT2D eigenvalue weighted by Crippen LogP contribution is -2.48. The van der Waals surface area contributed by atoms with Crippen LogP contribution in [0.2, 0.25) is 0 Å². The van der Waals surface area contributed by atoms with Crippen LogP contribution in [0.4, 0.5) is 5.69 Å². The molecule has 2 nitrogen and oxygen atoms in total. The van der Waals surface area contributed by atoms with E-state index in [9.17, 15) is 0 Å². The Morgan fingerprint density at radius 3 is 2.56 bits per heavy atom. The number of para-hydroxylation sites is 1. The lowest BCUT2D eigenvalue weighted by molar-refractivity contribution is 0.145. The molecular formula is C14H22N2. The van der Waals surface area contributed by atoms with Gasteiger partial charge in [-0.15, -0.1) is 0 Å². The summed E-state index contributed by atoms with van der Waals surface area (Å²) in [7, 11) is 2.22. The van der Waals surface area contributed by atoms with Crippen molar-refractivity contribution >= 4 is 5.69 Å². The lowest BCUT2D eigenvalue weighted by Gasteiger charge is -2.40. The molecule has 1 heterocycles. The van der Waals surface area contributed by atoms with E-state index in [-0.39, 0.29) is 0 Å². The minimum Gasteiger partial charge on any atom is -0.382 e. The fraction of sp³-hybridized carbons (Fsp3) is 0.571. The van der Waals surface area contributed by atoms with Gasteiger partial charge >= 0.3 is 0 Å². The number of piperidine rings is 1. The minimum atomic E-state index is 0.605. The van der Waals surface area contributed by atoms with Crippen molar-refractivity contribution in [3.05, 3.63) is 30.3 Å². The summed E-state index contributed by atoms with van der Waals surface area (Å²) < 4.78 is 0. The molecule has 1 aromatic carbocycles. The van der Waals surface area contributed by atoms with Gasteiger partial charge in [-0.1, -0.05) is 25.1 Å². The van der Waals surface area contributed by atoms with Gasteiger partial charge in [0.25, 0.3) is 0 Å². The topological polar surface area (TPSA) is 15.3 Å². The summed E-state index contributed by atoms with van der Waals surface area (Å²) in [5.41, 5.74) is 1.25. The summed E-state index contributed by atoms with van der Waals surface area (Å²) in [5, 5.41) is 3.65. The zero-order valence-corrected chi connectivity index (χ0v) is 10.5. The van der Waals surface area contributed by atoms with E-state index in [4.69, 9.17) is 0 Å². The zero-order chi connectivity index (χ0) is 11.5. The highest BCUT2D eigenvalue weighted by Gasteiger charge is 2.28. The Hall–Kier alpha value is -1.02. The van der Waals surface area contributed by atoms with Crippen molar-refractivity contribution in [1.29, 1.82) is 0 Å². The average molecular weight is 218 g/mol. The molecule has 1 aromatic rings. The van der Waals surface area contributed by atoms with E-state index < -0.39 is 0 Å². The second kappa shape index (κ2) is 4.88. The normalized spacial score (nSPS) is 31.3. The Morgan fingerprint density at radius 1 is 1.19 bits per heavy atom. The zero-order valence-electron chi connectivity index (χ0n) is 10.5. The van der Waals surface area contributed by atoms with Gasteiger partial charge in [0.1, 0.15) is 0 Å². The third-order valence-electron chi connectivity index (χ3n) is 3.74. The first-order chi connectivity index (χ1) is 7.66. The number of benzene rings is 1. The number of likely N-dealkylation sites (tertiary alicyclic amines) is 1. The van der Waals surface area contributed by atoms with Gasteiger partial charge in [-0.25, -0.2) is 0 Å². The number of anilines is 1. The van der Waals surface area contributed by atoms with Crippen LogP contribution in [0.3, 0.4) is 0 Å². The van der Waals surface area contributed by atoms with Crippen molar-refractivity contribution in [3.63, 3.8) is 0 Å². The van der Waals surface area contributed by atoms with Gasteiger partial charge in [-0.05, 0) is 38.4 Å². The molecule has 3 atom stereocenters. The van der Waals surface area contributed by atoms with Crippen molar-refractivity contribution in [2.24, 2.45) is 5.92 Å². The van der Waals surface area contributed by atoms with Crippen LogP contribution in [0.1, 0.15) is 20.3 Å². The van der Waals surface area contributed by atoms with E-state index in [1.165, 1.54) is 18.7 Å². The van der Waals surface area contributed by atoms with Gasteiger partial charge < -0.3 is 10.2 Å². The maximum Gasteiger partial charge on any atom is 0.0342 e. The Labute approximate surface area is 98.7 Å². The quantitative estimate of drug-likeness (QED) is 0.821. The second-order valence-corrected chi connectivity index (χ2v) is 5.12. The number of nitrogens with zero attached hydrogens (tertiary/aromatic N) is 1. The highest BCUT2D eigenvalue weighted by molar-refractivity contribution is 5.43. The molecular weight excluding hydrogens is 196 g/mol. The van der Waals surface area contributed by atoms with Crippen LogP contribution in [0.5, 0.6) is 0 Å². The second-order valence-electron chi connectivity index (χ2n) is 5.12. The maximum absolute atomic E-state index is 3.65. The van der Waals surface area contributed by atoms with E-state index in [0.717, 1.165) is 0 Å². The molecule has 1 N–H and O–H groups in total. The molecule has 0 amide bonds. The van der Waals surface area contributed by atoms with Gasteiger partial charge in [-0.2, -0.15) is 0 Å². The predicted octanol–water partition coefficient (Wildman–Crippen LogP) is 2.83. The summed E-state index contributed by atoms with van der Waals surface area (Å²) in [6.07, 6.45) is 1.23. The Kier molecular flexibility index (Phi) is 3.49. The first kappa shape index (κ1) is 11.5. The van der Waals surface area contributed by atoms with Crippen molar-refractivity contribution in [3.8, 4) is 0 Å². The van der Waals surface area contributed by atoms with Gasteiger partial charge in [0.2, 0.25) is 0 Å². The first-order valence-electron chi connectivity index (χ1n) is 6.18. The van der Waals surface area contributed by atoms with Gasteiger partial charge in [0.15, 0.2) is 0 Å². The summed E-state index contributed by atoms with van der Waals surface area (Å²) in [5.74, 6) is 0.710. The Balaban J connectivity index is 2.00. The molecule has 0 aromatic heterocycles. The van der Waals surface area contributed by atoms with Crippen molar-refractivity contribution in [2.45, 2.75) is 32.4 Å². The van der Waals surface area contributed by atoms with Crippen molar-refractivity contribution in [2.75, 3.05) is 18.9 Å². The van der Waals surface area contributed by atoms with Crippen LogP contribution >= 0.6 is 0 Å². The number of hydrogen-bond donors (Lipinski definition) is 1. The SMILES string of the molecule is C[C@H]1CN(C)[C@@H](C)C[C@@H]1Nc1ccccc1. The first-order valence-corrected chi connectivity index (χ1v) is 6.18. The molecule has 0 radical (unpaired) electrons. The van der Waals surface area contributed by atoms with E-state index in [1.807, 2.05) is 0 Å². The van der Waals surface area contributed by atoms with Crippen LogP contribution in [0.15, 0.2) is 30.3 Å². The molecule has 0 aliphatic carbocycles. The number of hydrogen-bond acceptors (Lipinski definition) is 2. The van der Waals surface area contributed by atoms with Gasteiger partial charge in [0.05, 0.1) is 0 Å². The molecule has 0 saturated carbocycles. The standard InChI is InChI=1S/C14H22N2/c1-11-10-16(3)12(2)9-14(11)15-13-7-5-4-6-8-13/h4-8,11-12,14-15H,9-10H2,1-3H3/t11-,12-,14-/m0/s1. The minimum absolute atomic E-state index is 0.605. The van der Waals surface area contributed by atoms with E-state index in [2.05, 4.69) is 61.4 Å². The number of nitrogens with one attached hydrogen (secondary N) is 1. The molecule has 0 unspecified atom stereocenters. The monoisotopic (exact) mass is 218 g/mol. The molecule has 0 spiro atoms. The van der Waals surface area contributed by atoms with Crippen LogP contribution in [0.25, 0.3) is 0 Å². The molecule has 1 fully saturated rings. The molecule has 88 valence electrons. The smallest absolute Gasteiger partial charge is 0.0342 e. The van der Waals surface area contributed by atoms with E-state index in [0.29, 0.717) is 18.0 Å². The van der Waals surface area contributed by atoms with E-state index >= 15 is 0 Å². The van der Waals surface area contributed by atoms with Gasteiger partial charge in [-0.3, -0.25) is 0 Å². The lowest BCUT2D eigenvalue weighted by atomic mass is 9.89. The molecule has 1 saturated heterocycles. The highest BCUT2D eigenvalue weighted by atomic mass is 15.2. The molecule has 1 aliphatic heterocycles. The maximum atomic E-state index is 3.65. The van der Waals surface area contributed by atoms with Crippen LogP contribution < -0.4 is 5.32 Å². The molecule has 0 bridgehead atoms. The summed E-state index contributed by atoms with van der Waals surface area (Å²) in [6.45, 7) is 5.83. The summed E-state index contributed by atoms with van der Waals surface area (Å²) in [4.78, 5) is 2.45. The molecule has 16 heavy (non-hydrogen) atoms. The molecule has 1 aliphatic rings.